The Morgan fingerprint density at radius 3 is 2.40 bits per heavy atom. The normalized spacial score (nSPS) is 10.4. The molecule has 0 aromatic heterocycles. The SMILES string of the molecule is NC(=O)c1ccc(COCc2ccc(N)cc2)c(F)c1. The Labute approximate surface area is 116 Å². The summed E-state index contributed by atoms with van der Waals surface area (Å²) >= 11 is 0. The second-order valence-corrected chi connectivity index (χ2v) is 4.40. The van der Waals surface area contributed by atoms with E-state index in [0.29, 0.717) is 17.9 Å². The number of carbonyl (C=O) groups excluding carboxylic acids is 1. The van der Waals surface area contributed by atoms with Crippen LogP contribution in [0.25, 0.3) is 0 Å². The van der Waals surface area contributed by atoms with E-state index in [4.69, 9.17) is 16.2 Å². The van der Waals surface area contributed by atoms with E-state index in [-0.39, 0.29) is 12.2 Å². The van der Waals surface area contributed by atoms with E-state index in [1.807, 2.05) is 12.1 Å². The van der Waals surface area contributed by atoms with Gasteiger partial charge in [-0.3, -0.25) is 4.79 Å². The highest BCUT2D eigenvalue weighted by molar-refractivity contribution is 5.92. The molecule has 0 aliphatic rings. The Hall–Kier alpha value is -2.40. The third-order valence-electron chi connectivity index (χ3n) is 2.84. The van der Waals surface area contributed by atoms with E-state index in [1.165, 1.54) is 12.1 Å². The van der Waals surface area contributed by atoms with Crippen LogP contribution in [0.3, 0.4) is 0 Å². The van der Waals surface area contributed by atoms with Crippen molar-refractivity contribution in [2.45, 2.75) is 13.2 Å². The molecule has 0 spiro atoms. The summed E-state index contributed by atoms with van der Waals surface area (Å²) in [5.74, 6) is -1.16. The number of hydrogen-bond donors (Lipinski definition) is 2. The molecule has 104 valence electrons. The summed E-state index contributed by atoms with van der Waals surface area (Å²) in [6, 6.07) is 11.3. The number of nitrogens with two attached hydrogens (primary N) is 2. The standard InChI is InChI=1S/C15H15FN2O2/c16-14-7-11(15(18)19)3-4-12(14)9-20-8-10-1-5-13(17)6-2-10/h1-7H,8-9,17H2,(H2,18,19). The third-order valence-corrected chi connectivity index (χ3v) is 2.84. The van der Waals surface area contributed by atoms with Crippen molar-refractivity contribution in [3.8, 4) is 0 Å². The molecule has 2 rings (SSSR count). The summed E-state index contributed by atoms with van der Waals surface area (Å²) in [4.78, 5) is 10.9. The molecule has 5 heteroatoms. The Bertz CT molecular complexity index is 612. The van der Waals surface area contributed by atoms with Crippen molar-refractivity contribution in [3.05, 3.63) is 65.0 Å². The fourth-order valence-corrected chi connectivity index (χ4v) is 1.71. The molecule has 20 heavy (non-hydrogen) atoms. The van der Waals surface area contributed by atoms with Gasteiger partial charge in [0.05, 0.1) is 13.2 Å². The van der Waals surface area contributed by atoms with Crippen molar-refractivity contribution >= 4 is 11.6 Å². The number of primary amides is 1. The van der Waals surface area contributed by atoms with Gasteiger partial charge in [-0.25, -0.2) is 4.39 Å². The van der Waals surface area contributed by atoms with Gasteiger partial charge in [0.2, 0.25) is 5.91 Å². The van der Waals surface area contributed by atoms with Crippen LogP contribution in [0.2, 0.25) is 0 Å². The van der Waals surface area contributed by atoms with Crippen molar-refractivity contribution in [1.29, 1.82) is 0 Å². The second-order valence-electron chi connectivity index (χ2n) is 4.40. The Morgan fingerprint density at radius 2 is 1.80 bits per heavy atom. The minimum Gasteiger partial charge on any atom is -0.399 e. The summed E-state index contributed by atoms with van der Waals surface area (Å²) in [5, 5.41) is 0. The van der Waals surface area contributed by atoms with Crippen LogP contribution in [-0.4, -0.2) is 5.91 Å². The molecule has 0 saturated carbocycles. The van der Waals surface area contributed by atoms with Crippen molar-refractivity contribution < 1.29 is 13.9 Å². The zero-order chi connectivity index (χ0) is 14.5. The van der Waals surface area contributed by atoms with Gasteiger partial charge in [0, 0.05) is 16.8 Å². The van der Waals surface area contributed by atoms with Crippen LogP contribution in [-0.2, 0) is 18.0 Å². The summed E-state index contributed by atoms with van der Waals surface area (Å²) in [6.07, 6.45) is 0. The zero-order valence-electron chi connectivity index (χ0n) is 10.8. The van der Waals surface area contributed by atoms with Gasteiger partial charge >= 0.3 is 0 Å². The molecule has 0 heterocycles. The number of nitrogen functional groups attached to an aromatic ring is 1. The minimum absolute atomic E-state index is 0.120. The summed E-state index contributed by atoms with van der Waals surface area (Å²) in [6.45, 7) is 0.479. The lowest BCUT2D eigenvalue weighted by atomic mass is 10.1. The number of rotatable bonds is 5. The van der Waals surface area contributed by atoms with Gasteiger partial charge in [0.1, 0.15) is 5.82 Å². The van der Waals surface area contributed by atoms with E-state index in [9.17, 15) is 9.18 Å². The molecular formula is C15H15FN2O2. The van der Waals surface area contributed by atoms with Gasteiger partial charge in [-0.1, -0.05) is 18.2 Å². The molecule has 0 radical (unpaired) electrons. The first kappa shape index (κ1) is 14.0. The number of halogens is 1. The highest BCUT2D eigenvalue weighted by Gasteiger charge is 2.07. The van der Waals surface area contributed by atoms with Crippen LogP contribution in [0.15, 0.2) is 42.5 Å². The highest BCUT2D eigenvalue weighted by atomic mass is 19.1. The molecule has 4 N–H and O–H groups in total. The Balaban J connectivity index is 1.94. The molecule has 0 aliphatic carbocycles. The average Bonchev–Trinajstić information content (AvgIpc) is 2.42. The third kappa shape index (κ3) is 3.55. The lowest BCUT2D eigenvalue weighted by molar-refractivity contribution is 0.0996. The van der Waals surface area contributed by atoms with E-state index in [2.05, 4.69) is 0 Å². The molecular weight excluding hydrogens is 259 g/mol. The predicted molar refractivity (Wildman–Crippen MR) is 74.3 cm³/mol. The maximum atomic E-state index is 13.7. The number of carbonyl (C=O) groups is 1. The molecule has 0 atom stereocenters. The van der Waals surface area contributed by atoms with Crippen molar-refractivity contribution in [2.75, 3.05) is 5.73 Å². The first-order valence-corrected chi connectivity index (χ1v) is 6.06. The summed E-state index contributed by atoms with van der Waals surface area (Å²) in [5.41, 5.74) is 12.8. The topological polar surface area (TPSA) is 78.3 Å². The molecule has 4 nitrogen and oxygen atoms in total. The lowest BCUT2D eigenvalue weighted by Crippen LogP contribution is -2.11. The number of anilines is 1. The van der Waals surface area contributed by atoms with Gasteiger partial charge in [0.25, 0.3) is 0 Å². The number of hydrogen-bond acceptors (Lipinski definition) is 3. The minimum atomic E-state index is -0.654. The maximum Gasteiger partial charge on any atom is 0.248 e. The molecule has 2 aromatic rings. The number of ether oxygens (including phenoxy) is 1. The fourth-order valence-electron chi connectivity index (χ4n) is 1.71. The Kier molecular flexibility index (Phi) is 4.32. The van der Waals surface area contributed by atoms with E-state index in [1.54, 1.807) is 12.1 Å². The van der Waals surface area contributed by atoms with Crippen LogP contribution in [0, 0.1) is 5.82 Å². The highest BCUT2D eigenvalue weighted by Crippen LogP contribution is 2.13. The zero-order valence-corrected chi connectivity index (χ0v) is 10.8. The molecule has 2 aromatic carbocycles. The maximum absolute atomic E-state index is 13.7. The number of amides is 1. The second kappa shape index (κ2) is 6.16. The first-order valence-electron chi connectivity index (χ1n) is 6.06. The lowest BCUT2D eigenvalue weighted by Gasteiger charge is -2.07. The van der Waals surface area contributed by atoms with Crippen LogP contribution in [0.5, 0.6) is 0 Å². The van der Waals surface area contributed by atoms with Crippen LogP contribution in [0.1, 0.15) is 21.5 Å². The van der Waals surface area contributed by atoms with Gasteiger partial charge in [0.15, 0.2) is 0 Å². The van der Waals surface area contributed by atoms with Crippen molar-refractivity contribution in [2.24, 2.45) is 5.73 Å². The largest absolute Gasteiger partial charge is 0.399 e. The average molecular weight is 274 g/mol. The van der Waals surface area contributed by atoms with Crippen molar-refractivity contribution in [3.63, 3.8) is 0 Å². The van der Waals surface area contributed by atoms with Gasteiger partial charge in [-0.2, -0.15) is 0 Å². The Morgan fingerprint density at radius 1 is 1.10 bits per heavy atom. The van der Waals surface area contributed by atoms with Gasteiger partial charge < -0.3 is 16.2 Å². The van der Waals surface area contributed by atoms with E-state index >= 15 is 0 Å². The smallest absolute Gasteiger partial charge is 0.248 e. The molecule has 0 bridgehead atoms. The van der Waals surface area contributed by atoms with Gasteiger partial charge in [-0.15, -0.1) is 0 Å². The summed E-state index contributed by atoms with van der Waals surface area (Å²) in [7, 11) is 0. The summed E-state index contributed by atoms with van der Waals surface area (Å²) < 4.78 is 19.1. The number of benzene rings is 2. The quantitative estimate of drug-likeness (QED) is 0.821. The molecule has 0 fully saturated rings. The monoisotopic (exact) mass is 274 g/mol. The first-order chi connectivity index (χ1) is 9.56. The predicted octanol–water partition coefficient (Wildman–Crippen LogP) is 2.22. The molecule has 0 unspecified atom stereocenters. The van der Waals surface area contributed by atoms with E-state index in [0.717, 1.165) is 11.6 Å². The van der Waals surface area contributed by atoms with Crippen LogP contribution >= 0.6 is 0 Å². The molecule has 0 saturated heterocycles. The van der Waals surface area contributed by atoms with Gasteiger partial charge in [-0.05, 0) is 29.8 Å². The fraction of sp³-hybridized carbons (Fsp3) is 0.133. The van der Waals surface area contributed by atoms with E-state index < -0.39 is 11.7 Å². The van der Waals surface area contributed by atoms with Crippen molar-refractivity contribution in [1.82, 2.24) is 0 Å². The van der Waals surface area contributed by atoms with Crippen LogP contribution < -0.4 is 11.5 Å². The van der Waals surface area contributed by atoms with Crippen LogP contribution in [0.4, 0.5) is 10.1 Å². The molecule has 0 aliphatic heterocycles. The molecule has 1 amide bonds.